The molecule has 0 atom stereocenters. The summed E-state index contributed by atoms with van der Waals surface area (Å²) in [6.07, 6.45) is 1.54. The number of nitro groups is 1. The molecule has 0 amide bonds. The van der Waals surface area contributed by atoms with Crippen LogP contribution in [-0.4, -0.2) is 4.92 Å². The van der Waals surface area contributed by atoms with Gasteiger partial charge in [-0.3, -0.25) is 10.1 Å². The predicted octanol–water partition coefficient (Wildman–Crippen LogP) is 6.68. The SMILES string of the molecule is N#C/C(=C\c1cc(Cl)cc(Cl)c1OCc1ccc(F)cc1)c1ccc([N+](=O)[O-])cc1. The van der Waals surface area contributed by atoms with Gasteiger partial charge in [-0.1, -0.05) is 35.3 Å². The van der Waals surface area contributed by atoms with E-state index in [4.69, 9.17) is 27.9 Å². The van der Waals surface area contributed by atoms with Crippen LogP contribution < -0.4 is 4.74 Å². The molecule has 0 radical (unpaired) electrons. The second-order valence-electron chi connectivity index (χ2n) is 6.19. The molecule has 0 aromatic heterocycles. The first-order valence-electron chi connectivity index (χ1n) is 8.60. The van der Waals surface area contributed by atoms with Crippen LogP contribution in [0.15, 0.2) is 60.7 Å². The Hall–Kier alpha value is -3.40. The van der Waals surface area contributed by atoms with Crippen LogP contribution in [0.5, 0.6) is 5.75 Å². The van der Waals surface area contributed by atoms with Crippen LogP contribution in [0.2, 0.25) is 10.0 Å². The van der Waals surface area contributed by atoms with Crippen LogP contribution in [0.1, 0.15) is 16.7 Å². The molecule has 3 aromatic rings. The summed E-state index contributed by atoms with van der Waals surface area (Å²) in [5, 5.41) is 21.0. The van der Waals surface area contributed by atoms with Crippen molar-refractivity contribution in [2.24, 2.45) is 0 Å². The van der Waals surface area contributed by atoms with Gasteiger partial charge in [0.2, 0.25) is 0 Å². The van der Waals surface area contributed by atoms with Gasteiger partial charge < -0.3 is 4.74 Å². The molecule has 0 spiro atoms. The quantitative estimate of drug-likeness (QED) is 0.184. The van der Waals surface area contributed by atoms with Crippen molar-refractivity contribution in [1.82, 2.24) is 0 Å². The standard InChI is InChI=1S/C22H13Cl2FN2O3/c23-18-10-16(9-17(12-26)15-3-7-20(8-4-15)27(28)29)22(21(24)11-18)30-13-14-1-5-19(25)6-2-14/h1-11H,13H2/b17-9+. The molecule has 0 heterocycles. The molecule has 3 rings (SSSR count). The first kappa shape index (κ1) is 21.3. The van der Waals surface area contributed by atoms with Gasteiger partial charge >= 0.3 is 0 Å². The van der Waals surface area contributed by atoms with Crippen molar-refractivity contribution in [1.29, 1.82) is 5.26 Å². The lowest BCUT2D eigenvalue weighted by molar-refractivity contribution is -0.384. The van der Waals surface area contributed by atoms with E-state index in [0.29, 0.717) is 21.9 Å². The Kier molecular flexibility index (Phi) is 6.68. The molecule has 150 valence electrons. The first-order chi connectivity index (χ1) is 14.4. The lowest BCUT2D eigenvalue weighted by Gasteiger charge is -2.13. The van der Waals surface area contributed by atoms with Gasteiger partial charge in [-0.25, -0.2) is 4.39 Å². The summed E-state index contributed by atoms with van der Waals surface area (Å²) in [5.74, 6) is -0.0475. The largest absolute Gasteiger partial charge is 0.487 e. The van der Waals surface area contributed by atoms with E-state index < -0.39 is 4.92 Å². The number of rotatable bonds is 6. The van der Waals surface area contributed by atoms with E-state index in [1.165, 1.54) is 42.5 Å². The number of ether oxygens (including phenoxy) is 1. The lowest BCUT2D eigenvalue weighted by Crippen LogP contribution is -1.98. The first-order valence-corrected chi connectivity index (χ1v) is 9.36. The molecule has 0 bridgehead atoms. The average Bonchev–Trinajstić information content (AvgIpc) is 2.72. The van der Waals surface area contributed by atoms with Crippen LogP contribution in [0, 0.1) is 27.3 Å². The lowest BCUT2D eigenvalue weighted by atomic mass is 10.0. The minimum absolute atomic E-state index is 0.0786. The van der Waals surface area contributed by atoms with Crippen molar-refractivity contribution in [2.45, 2.75) is 6.61 Å². The van der Waals surface area contributed by atoms with Crippen LogP contribution in [0.4, 0.5) is 10.1 Å². The zero-order chi connectivity index (χ0) is 21.7. The molecule has 0 unspecified atom stereocenters. The molecule has 30 heavy (non-hydrogen) atoms. The van der Waals surface area contributed by atoms with Gasteiger partial charge in [0.25, 0.3) is 5.69 Å². The topological polar surface area (TPSA) is 76.2 Å². The summed E-state index contributed by atoms with van der Waals surface area (Å²) in [5.41, 5.74) is 1.85. The minimum Gasteiger partial charge on any atom is -0.487 e. The number of allylic oxidation sites excluding steroid dienone is 1. The molecule has 0 N–H and O–H groups in total. The third-order valence-electron chi connectivity index (χ3n) is 4.14. The van der Waals surface area contributed by atoms with Gasteiger partial charge in [0.05, 0.1) is 21.6 Å². The monoisotopic (exact) mass is 442 g/mol. The Morgan fingerprint density at radius 1 is 1.13 bits per heavy atom. The Morgan fingerprint density at radius 2 is 1.80 bits per heavy atom. The van der Waals surface area contributed by atoms with Crippen molar-refractivity contribution < 1.29 is 14.1 Å². The van der Waals surface area contributed by atoms with Crippen LogP contribution >= 0.6 is 23.2 Å². The van der Waals surface area contributed by atoms with Gasteiger partial charge in [-0.2, -0.15) is 5.26 Å². The third-order valence-corrected chi connectivity index (χ3v) is 4.64. The molecule has 0 aliphatic heterocycles. The second-order valence-corrected chi connectivity index (χ2v) is 7.04. The highest BCUT2D eigenvalue weighted by Gasteiger charge is 2.13. The fraction of sp³-hybridized carbons (Fsp3) is 0.0455. The van der Waals surface area contributed by atoms with E-state index in [9.17, 15) is 19.8 Å². The number of non-ortho nitro benzene ring substituents is 1. The fourth-order valence-electron chi connectivity index (χ4n) is 2.67. The number of halogens is 3. The van der Waals surface area contributed by atoms with E-state index in [0.717, 1.165) is 5.56 Å². The highest BCUT2D eigenvalue weighted by Crippen LogP contribution is 2.35. The molecule has 0 fully saturated rings. The van der Waals surface area contributed by atoms with Crippen molar-refractivity contribution in [2.75, 3.05) is 0 Å². The van der Waals surface area contributed by atoms with Crippen LogP contribution in [-0.2, 0) is 6.61 Å². The maximum atomic E-state index is 13.1. The van der Waals surface area contributed by atoms with E-state index in [-0.39, 0.29) is 28.7 Å². The van der Waals surface area contributed by atoms with Crippen molar-refractivity contribution in [3.05, 3.63) is 103 Å². The summed E-state index contributed by atoms with van der Waals surface area (Å²) in [6.45, 7) is 0.127. The maximum Gasteiger partial charge on any atom is 0.269 e. The van der Waals surface area contributed by atoms with E-state index >= 15 is 0 Å². The van der Waals surface area contributed by atoms with Crippen molar-refractivity contribution in [3.8, 4) is 11.8 Å². The average molecular weight is 443 g/mol. The molecule has 0 aliphatic carbocycles. The highest BCUT2D eigenvalue weighted by atomic mass is 35.5. The summed E-state index contributed by atoms with van der Waals surface area (Å²) in [6, 6.07) is 16.6. The molecular formula is C22H13Cl2FN2O3. The van der Waals surface area contributed by atoms with Gasteiger partial charge in [-0.05, 0) is 53.6 Å². The van der Waals surface area contributed by atoms with Gasteiger partial charge in [0, 0.05) is 22.7 Å². The summed E-state index contributed by atoms with van der Waals surface area (Å²) < 4.78 is 18.9. The van der Waals surface area contributed by atoms with Gasteiger partial charge in [0.1, 0.15) is 18.2 Å². The number of nitriles is 1. The second kappa shape index (κ2) is 9.40. The minimum atomic E-state index is -0.516. The van der Waals surface area contributed by atoms with Gasteiger partial charge in [-0.15, -0.1) is 0 Å². The van der Waals surface area contributed by atoms with Crippen LogP contribution in [0.3, 0.4) is 0 Å². The Balaban J connectivity index is 1.95. The predicted molar refractivity (Wildman–Crippen MR) is 114 cm³/mol. The molecule has 5 nitrogen and oxygen atoms in total. The number of hydrogen-bond donors (Lipinski definition) is 0. The maximum absolute atomic E-state index is 13.1. The fourth-order valence-corrected chi connectivity index (χ4v) is 3.24. The number of nitrogens with zero attached hydrogens (tertiary/aromatic N) is 2. The molecule has 3 aromatic carbocycles. The number of hydrogen-bond acceptors (Lipinski definition) is 4. The van der Waals surface area contributed by atoms with Crippen LogP contribution in [0.25, 0.3) is 11.6 Å². The number of nitro benzene ring substituents is 1. The normalized spacial score (nSPS) is 11.1. The highest BCUT2D eigenvalue weighted by molar-refractivity contribution is 6.36. The summed E-state index contributed by atoms with van der Waals surface area (Å²) in [4.78, 5) is 10.3. The smallest absolute Gasteiger partial charge is 0.269 e. The zero-order valence-corrected chi connectivity index (χ0v) is 16.8. The molecule has 0 saturated carbocycles. The Morgan fingerprint density at radius 3 is 2.40 bits per heavy atom. The summed E-state index contributed by atoms with van der Waals surface area (Å²) in [7, 11) is 0. The zero-order valence-electron chi connectivity index (χ0n) is 15.3. The van der Waals surface area contributed by atoms with Gasteiger partial charge in [0.15, 0.2) is 0 Å². The van der Waals surface area contributed by atoms with E-state index in [1.54, 1.807) is 24.3 Å². The molecule has 8 heteroatoms. The molecule has 0 saturated heterocycles. The molecule has 0 aliphatic rings. The Labute approximate surface area is 181 Å². The number of benzene rings is 3. The summed E-state index contributed by atoms with van der Waals surface area (Å²) >= 11 is 12.4. The van der Waals surface area contributed by atoms with Crippen molar-refractivity contribution >= 4 is 40.5 Å². The third kappa shape index (κ3) is 5.15. The Bertz CT molecular complexity index is 1150. The van der Waals surface area contributed by atoms with Crippen molar-refractivity contribution in [3.63, 3.8) is 0 Å². The van der Waals surface area contributed by atoms with E-state index in [1.807, 2.05) is 0 Å². The van der Waals surface area contributed by atoms with E-state index in [2.05, 4.69) is 6.07 Å². The molecular weight excluding hydrogens is 430 g/mol.